The van der Waals surface area contributed by atoms with Crippen molar-refractivity contribution < 1.29 is 9.32 Å². The van der Waals surface area contributed by atoms with Crippen LogP contribution in [0.2, 0.25) is 5.02 Å². The average Bonchev–Trinajstić information content (AvgIpc) is 2.90. The van der Waals surface area contributed by atoms with E-state index in [0.717, 1.165) is 10.3 Å². The number of hydrogen-bond acceptors (Lipinski definition) is 3. The van der Waals surface area contributed by atoms with E-state index in [1.165, 1.54) is 6.07 Å². The SMILES string of the molecule is O=C(c1ccc(Cl)cc1)n1oc(=O)cc1-c1ccccc1. The van der Waals surface area contributed by atoms with Gasteiger partial charge in [0.15, 0.2) is 0 Å². The van der Waals surface area contributed by atoms with E-state index in [-0.39, 0.29) is 0 Å². The van der Waals surface area contributed by atoms with Crippen molar-refractivity contribution in [3.8, 4) is 11.3 Å². The van der Waals surface area contributed by atoms with Crippen LogP contribution in [0.1, 0.15) is 10.4 Å². The van der Waals surface area contributed by atoms with E-state index in [0.29, 0.717) is 16.3 Å². The van der Waals surface area contributed by atoms with Crippen LogP contribution in [-0.4, -0.2) is 10.6 Å². The fraction of sp³-hybridized carbons (Fsp3) is 0. The summed E-state index contributed by atoms with van der Waals surface area (Å²) in [5.74, 6) is -0.424. The van der Waals surface area contributed by atoms with Crippen molar-refractivity contribution in [2.75, 3.05) is 0 Å². The molecule has 0 aliphatic carbocycles. The number of hydrogen-bond donors (Lipinski definition) is 0. The number of halogens is 1. The molecule has 1 heterocycles. The van der Waals surface area contributed by atoms with Gasteiger partial charge in [0.2, 0.25) is 0 Å². The first-order valence-electron chi connectivity index (χ1n) is 6.24. The number of carbonyl (C=O) groups is 1. The zero-order valence-corrected chi connectivity index (χ0v) is 11.6. The second-order valence-corrected chi connectivity index (χ2v) is 4.85. The topological polar surface area (TPSA) is 52.2 Å². The smallest absolute Gasteiger partial charge is 0.328 e. The highest BCUT2D eigenvalue weighted by atomic mass is 35.5. The lowest BCUT2D eigenvalue weighted by atomic mass is 10.1. The molecule has 0 aliphatic rings. The number of aromatic nitrogens is 1. The third kappa shape index (κ3) is 2.66. The molecule has 0 amide bonds. The van der Waals surface area contributed by atoms with E-state index < -0.39 is 11.5 Å². The van der Waals surface area contributed by atoms with Gasteiger partial charge in [-0.25, -0.2) is 4.79 Å². The van der Waals surface area contributed by atoms with Crippen LogP contribution in [0.4, 0.5) is 0 Å². The second kappa shape index (κ2) is 5.42. The molecule has 104 valence electrons. The Morgan fingerprint density at radius 3 is 2.33 bits per heavy atom. The highest BCUT2D eigenvalue weighted by molar-refractivity contribution is 6.30. The van der Waals surface area contributed by atoms with Gasteiger partial charge in [-0.2, -0.15) is 0 Å². The van der Waals surface area contributed by atoms with Crippen molar-refractivity contribution in [3.05, 3.63) is 81.7 Å². The van der Waals surface area contributed by atoms with Gasteiger partial charge in [-0.3, -0.25) is 4.79 Å². The molecular formula is C16H10ClNO3. The summed E-state index contributed by atoms with van der Waals surface area (Å²) in [6.07, 6.45) is 0. The Kier molecular flexibility index (Phi) is 3.46. The maximum absolute atomic E-state index is 12.5. The van der Waals surface area contributed by atoms with Crippen LogP contribution in [-0.2, 0) is 0 Å². The molecule has 1 aromatic heterocycles. The first-order valence-corrected chi connectivity index (χ1v) is 6.62. The van der Waals surface area contributed by atoms with Crippen molar-refractivity contribution in [2.45, 2.75) is 0 Å². The Morgan fingerprint density at radius 1 is 1.00 bits per heavy atom. The van der Waals surface area contributed by atoms with Crippen LogP contribution in [0.25, 0.3) is 11.3 Å². The molecule has 0 saturated carbocycles. The van der Waals surface area contributed by atoms with Gasteiger partial charge in [0, 0.05) is 16.1 Å². The predicted molar refractivity (Wildman–Crippen MR) is 79.6 cm³/mol. The van der Waals surface area contributed by atoms with Gasteiger partial charge in [-0.15, -0.1) is 4.74 Å². The number of benzene rings is 2. The van der Waals surface area contributed by atoms with Crippen LogP contribution in [0.3, 0.4) is 0 Å². The van der Waals surface area contributed by atoms with Crippen molar-refractivity contribution in [3.63, 3.8) is 0 Å². The standard InChI is InChI=1S/C16H10ClNO3/c17-13-8-6-12(7-9-13)16(20)18-14(10-15(19)21-18)11-4-2-1-3-5-11/h1-10H. The second-order valence-electron chi connectivity index (χ2n) is 4.41. The molecule has 0 atom stereocenters. The minimum Gasteiger partial charge on any atom is -0.328 e. The molecule has 3 rings (SSSR count). The van der Waals surface area contributed by atoms with Gasteiger partial charge in [-0.1, -0.05) is 41.9 Å². The summed E-state index contributed by atoms with van der Waals surface area (Å²) < 4.78 is 5.99. The number of rotatable bonds is 2. The largest absolute Gasteiger partial charge is 0.358 e. The Labute approximate surface area is 125 Å². The maximum Gasteiger partial charge on any atom is 0.358 e. The minimum atomic E-state index is -0.573. The van der Waals surface area contributed by atoms with Gasteiger partial charge < -0.3 is 4.52 Å². The Bertz CT molecular complexity index is 832. The van der Waals surface area contributed by atoms with Crippen molar-refractivity contribution >= 4 is 17.5 Å². The Balaban J connectivity index is 2.09. The summed E-state index contributed by atoms with van der Waals surface area (Å²) in [6.45, 7) is 0. The predicted octanol–water partition coefficient (Wildman–Crippen LogP) is 3.45. The summed E-state index contributed by atoms with van der Waals surface area (Å²) in [6, 6.07) is 16.8. The summed E-state index contributed by atoms with van der Waals surface area (Å²) in [5, 5.41) is 0.531. The molecule has 0 N–H and O–H groups in total. The van der Waals surface area contributed by atoms with Crippen molar-refractivity contribution in [1.29, 1.82) is 0 Å². The molecule has 0 unspecified atom stereocenters. The van der Waals surface area contributed by atoms with Crippen molar-refractivity contribution in [2.24, 2.45) is 0 Å². The molecule has 5 heteroatoms. The minimum absolute atomic E-state index is 0.385. The fourth-order valence-corrected chi connectivity index (χ4v) is 2.13. The molecule has 0 bridgehead atoms. The van der Waals surface area contributed by atoms with Crippen LogP contribution in [0.5, 0.6) is 0 Å². The molecule has 3 aromatic rings. The van der Waals surface area contributed by atoms with Gasteiger partial charge in [0.25, 0.3) is 5.91 Å². The van der Waals surface area contributed by atoms with Crippen LogP contribution in [0, 0.1) is 0 Å². The van der Waals surface area contributed by atoms with Crippen LogP contribution < -0.4 is 5.63 Å². The van der Waals surface area contributed by atoms with Gasteiger partial charge in [-0.05, 0) is 24.3 Å². The third-order valence-corrected chi connectivity index (χ3v) is 3.25. The molecular weight excluding hydrogens is 290 g/mol. The molecule has 21 heavy (non-hydrogen) atoms. The molecule has 0 fully saturated rings. The Morgan fingerprint density at radius 2 is 1.67 bits per heavy atom. The monoisotopic (exact) mass is 299 g/mol. The van der Waals surface area contributed by atoms with E-state index in [2.05, 4.69) is 0 Å². The lowest BCUT2D eigenvalue weighted by Gasteiger charge is -2.05. The summed E-state index contributed by atoms with van der Waals surface area (Å²) in [5.41, 5.74) is 0.957. The lowest BCUT2D eigenvalue weighted by molar-refractivity contribution is 0.0843. The zero-order valence-electron chi connectivity index (χ0n) is 10.8. The zero-order chi connectivity index (χ0) is 14.8. The maximum atomic E-state index is 12.5. The van der Waals surface area contributed by atoms with Gasteiger partial charge in [0.05, 0.1) is 11.8 Å². The first kappa shape index (κ1) is 13.4. The quantitative estimate of drug-likeness (QED) is 0.728. The summed E-state index contributed by atoms with van der Waals surface area (Å²) >= 11 is 5.80. The molecule has 4 nitrogen and oxygen atoms in total. The first-order chi connectivity index (χ1) is 10.1. The molecule has 0 spiro atoms. The van der Waals surface area contributed by atoms with E-state index in [9.17, 15) is 9.59 Å². The number of nitrogens with zero attached hydrogens (tertiary/aromatic N) is 1. The summed E-state index contributed by atoms with van der Waals surface area (Å²) in [7, 11) is 0. The molecule has 0 aliphatic heterocycles. The lowest BCUT2D eigenvalue weighted by Crippen LogP contribution is -2.12. The van der Waals surface area contributed by atoms with Crippen LogP contribution >= 0.6 is 11.6 Å². The Hall–Kier alpha value is -2.59. The number of carbonyl (C=O) groups excluding carboxylic acids is 1. The van der Waals surface area contributed by atoms with E-state index in [1.807, 2.05) is 18.2 Å². The van der Waals surface area contributed by atoms with E-state index in [1.54, 1.807) is 36.4 Å². The average molecular weight is 300 g/mol. The van der Waals surface area contributed by atoms with E-state index in [4.69, 9.17) is 16.1 Å². The highest BCUT2D eigenvalue weighted by Gasteiger charge is 2.17. The normalized spacial score (nSPS) is 10.5. The molecule has 0 saturated heterocycles. The van der Waals surface area contributed by atoms with Gasteiger partial charge >= 0.3 is 5.63 Å². The van der Waals surface area contributed by atoms with Gasteiger partial charge in [0.1, 0.15) is 0 Å². The van der Waals surface area contributed by atoms with Crippen molar-refractivity contribution in [1.82, 2.24) is 4.74 Å². The van der Waals surface area contributed by atoms with Crippen LogP contribution in [0.15, 0.2) is 70.0 Å². The molecule has 2 aromatic carbocycles. The fourth-order valence-electron chi connectivity index (χ4n) is 2.01. The highest BCUT2D eigenvalue weighted by Crippen LogP contribution is 2.19. The molecule has 0 radical (unpaired) electrons. The third-order valence-electron chi connectivity index (χ3n) is 3.00. The summed E-state index contributed by atoms with van der Waals surface area (Å²) in [4.78, 5) is 24.0. The van der Waals surface area contributed by atoms with E-state index >= 15 is 0 Å².